The summed E-state index contributed by atoms with van der Waals surface area (Å²) in [6.07, 6.45) is -0.809. The zero-order valence-corrected chi connectivity index (χ0v) is 18.3. The number of carbonyl (C=O) groups excluding carboxylic acids is 2. The van der Waals surface area contributed by atoms with Crippen LogP contribution in [0, 0.1) is 0 Å². The molecule has 164 valence electrons. The van der Waals surface area contributed by atoms with Crippen LogP contribution in [0.15, 0.2) is 48.5 Å². The van der Waals surface area contributed by atoms with Gasteiger partial charge in [0.15, 0.2) is 0 Å². The number of ether oxygens (including phenoxy) is 2. The van der Waals surface area contributed by atoms with Crippen LogP contribution in [0.2, 0.25) is 0 Å². The molecule has 1 fully saturated rings. The van der Waals surface area contributed by atoms with Gasteiger partial charge in [0, 0.05) is 25.6 Å². The molecule has 1 aliphatic heterocycles. The van der Waals surface area contributed by atoms with Crippen molar-refractivity contribution in [1.29, 1.82) is 0 Å². The van der Waals surface area contributed by atoms with Crippen LogP contribution < -0.4 is 5.43 Å². The van der Waals surface area contributed by atoms with Crippen LogP contribution in [0.25, 0.3) is 11.1 Å². The van der Waals surface area contributed by atoms with Crippen molar-refractivity contribution in [2.24, 2.45) is 0 Å². The van der Waals surface area contributed by atoms with Gasteiger partial charge in [-0.2, -0.15) is 0 Å². The van der Waals surface area contributed by atoms with Gasteiger partial charge in [-0.25, -0.2) is 20.0 Å². The molecule has 2 aromatic carbocycles. The van der Waals surface area contributed by atoms with Crippen LogP contribution in [0.1, 0.15) is 37.8 Å². The topological polar surface area (TPSA) is 71.1 Å². The van der Waals surface area contributed by atoms with Crippen molar-refractivity contribution in [3.05, 3.63) is 59.7 Å². The third-order valence-electron chi connectivity index (χ3n) is 5.49. The van der Waals surface area contributed by atoms with Gasteiger partial charge < -0.3 is 14.4 Å². The van der Waals surface area contributed by atoms with E-state index >= 15 is 0 Å². The van der Waals surface area contributed by atoms with E-state index in [2.05, 4.69) is 29.7 Å². The molecule has 0 saturated carbocycles. The summed E-state index contributed by atoms with van der Waals surface area (Å²) < 4.78 is 11.1. The highest BCUT2D eigenvalue weighted by atomic mass is 16.6. The largest absolute Gasteiger partial charge is 0.447 e. The Kier molecular flexibility index (Phi) is 5.87. The Balaban J connectivity index is 1.37. The second-order valence-corrected chi connectivity index (χ2v) is 8.83. The number of carbonyl (C=O) groups is 2. The lowest BCUT2D eigenvalue weighted by Gasteiger charge is -2.26. The highest BCUT2D eigenvalue weighted by Crippen LogP contribution is 2.44. The van der Waals surface area contributed by atoms with Gasteiger partial charge in [0.1, 0.15) is 12.2 Å². The van der Waals surface area contributed by atoms with Crippen molar-refractivity contribution in [1.82, 2.24) is 15.3 Å². The summed E-state index contributed by atoms with van der Waals surface area (Å²) in [5.41, 5.74) is 7.24. The number of nitrogens with one attached hydrogen (secondary N) is 1. The summed E-state index contributed by atoms with van der Waals surface area (Å²) in [5, 5.41) is 1.44. The molecule has 0 atom stereocenters. The minimum absolute atomic E-state index is 0.0154. The Morgan fingerprint density at radius 2 is 1.55 bits per heavy atom. The Hall–Kier alpha value is -3.06. The predicted molar refractivity (Wildman–Crippen MR) is 118 cm³/mol. The molecule has 7 nitrogen and oxygen atoms in total. The minimum Gasteiger partial charge on any atom is -0.447 e. The lowest BCUT2D eigenvalue weighted by Crippen LogP contribution is -2.44. The molecular weight excluding hydrogens is 394 g/mol. The number of fused-ring (bicyclic) bond motifs is 3. The highest BCUT2D eigenvalue weighted by Gasteiger charge is 2.31. The maximum absolute atomic E-state index is 12.7. The predicted octanol–water partition coefficient (Wildman–Crippen LogP) is 3.99. The second-order valence-electron chi connectivity index (χ2n) is 8.83. The number of hydrogen-bond acceptors (Lipinski definition) is 5. The SMILES string of the molecule is CC(C)(C)OC(=O)N1CCNN(C(=O)OCC2c3ccccc3-c3ccccc32)CC1. The molecule has 2 aromatic rings. The van der Waals surface area contributed by atoms with Crippen LogP contribution in [-0.2, 0) is 9.47 Å². The molecule has 1 aliphatic carbocycles. The Morgan fingerprint density at radius 3 is 2.16 bits per heavy atom. The lowest BCUT2D eigenvalue weighted by molar-refractivity contribution is 0.0259. The standard InChI is InChI=1S/C24H29N3O4/c1-24(2,3)31-22(28)26-13-12-25-27(15-14-26)23(29)30-16-21-19-10-6-4-8-17(19)18-9-5-7-11-20(18)21/h4-11,21,25H,12-16H2,1-3H3. The van der Waals surface area contributed by atoms with Crippen molar-refractivity contribution in [2.75, 3.05) is 32.8 Å². The van der Waals surface area contributed by atoms with Crippen LogP contribution in [0.5, 0.6) is 0 Å². The summed E-state index contributed by atoms with van der Waals surface area (Å²) in [6, 6.07) is 16.5. The quantitative estimate of drug-likeness (QED) is 0.791. The number of benzene rings is 2. The van der Waals surface area contributed by atoms with Crippen molar-refractivity contribution in [2.45, 2.75) is 32.3 Å². The van der Waals surface area contributed by atoms with E-state index in [0.29, 0.717) is 26.2 Å². The maximum atomic E-state index is 12.7. The third-order valence-corrected chi connectivity index (χ3v) is 5.49. The first-order valence-corrected chi connectivity index (χ1v) is 10.7. The third kappa shape index (κ3) is 4.66. The molecule has 0 radical (unpaired) electrons. The van der Waals surface area contributed by atoms with E-state index in [9.17, 15) is 9.59 Å². The van der Waals surface area contributed by atoms with Crippen molar-refractivity contribution >= 4 is 12.2 Å². The van der Waals surface area contributed by atoms with Crippen LogP contribution in [0.3, 0.4) is 0 Å². The van der Waals surface area contributed by atoms with Gasteiger partial charge in [0.2, 0.25) is 0 Å². The summed E-state index contributed by atoms with van der Waals surface area (Å²) in [6.45, 7) is 7.40. The summed E-state index contributed by atoms with van der Waals surface area (Å²) in [7, 11) is 0. The summed E-state index contributed by atoms with van der Waals surface area (Å²) in [4.78, 5) is 26.7. The summed E-state index contributed by atoms with van der Waals surface area (Å²) in [5.74, 6) is 0.0154. The minimum atomic E-state index is -0.552. The highest BCUT2D eigenvalue weighted by molar-refractivity contribution is 5.79. The van der Waals surface area contributed by atoms with E-state index in [1.54, 1.807) is 4.90 Å². The van der Waals surface area contributed by atoms with Gasteiger partial charge in [-0.05, 0) is 43.0 Å². The molecule has 0 bridgehead atoms. The van der Waals surface area contributed by atoms with Gasteiger partial charge in [0.05, 0.1) is 6.54 Å². The van der Waals surface area contributed by atoms with E-state index < -0.39 is 11.7 Å². The van der Waals surface area contributed by atoms with Gasteiger partial charge >= 0.3 is 12.2 Å². The Labute approximate surface area is 182 Å². The first kappa shape index (κ1) is 21.2. The fourth-order valence-corrected chi connectivity index (χ4v) is 4.07. The molecule has 0 spiro atoms. The molecular formula is C24H29N3O4. The number of hydrazine groups is 1. The molecule has 1 saturated heterocycles. The summed E-state index contributed by atoms with van der Waals surface area (Å²) >= 11 is 0. The molecule has 31 heavy (non-hydrogen) atoms. The molecule has 0 unspecified atom stereocenters. The van der Waals surface area contributed by atoms with Gasteiger partial charge in [0.25, 0.3) is 0 Å². The maximum Gasteiger partial charge on any atom is 0.424 e. The van der Waals surface area contributed by atoms with Gasteiger partial charge in [-0.3, -0.25) is 0 Å². The van der Waals surface area contributed by atoms with Gasteiger partial charge in [-0.15, -0.1) is 0 Å². The average Bonchev–Trinajstić information content (AvgIpc) is 2.87. The fourth-order valence-electron chi connectivity index (χ4n) is 4.07. The first-order valence-electron chi connectivity index (χ1n) is 10.7. The number of hydrogen-bond donors (Lipinski definition) is 1. The smallest absolute Gasteiger partial charge is 0.424 e. The van der Waals surface area contributed by atoms with E-state index in [0.717, 1.165) is 0 Å². The normalized spacial score (nSPS) is 16.4. The van der Waals surface area contributed by atoms with Gasteiger partial charge in [-0.1, -0.05) is 48.5 Å². The second kappa shape index (κ2) is 8.59. The number of nitrogens with zero attached hydrogens (tertiary/aromatic N) is 2. The van der Waals surface area contributed by atoms with E-state index in [4.69, 9.17) is 9.47 Å². The molecule has 2 aliphatic rings. The van der Waals surface area contributed by atoms with E-state index in [-0.39, 0.29) is 18.6 Å². The number of rotatable bonds is 2. The number of amides is 2. The van der Waals surface area contributed by atoms with Crippen molar-refractivity contribution in [3.63, 3.8) is 0 Å². The fraction of sp³-hybridized carbons (Fsp3) is 0.417. The Morgan fingerprint density at radius 1 is 0.935 bits per heavy atom. The zero-order chi connectivity index (χ0) is 22.0. The molecule has 0 aromatic heterocycles. The molecule has 1 heterocycles. The first-order chi connectivity index (χ1) is 14.8. The molecule has 7 heteroatoms. The van der Waals surface area contributed by atoms with E-state index in [1.807, 2.05) is 45.0 Å². The van der Waals surface area contributed by atoms with E-state index in [1.165, 1.54) is 27.3 Å². The van der Waals surface area contributed by atoms with Crippen molar-refractivity contribution < 1.29 is 19.1 Å². The molecule has 1 N–H and O–H groups in total. The zero-order valence-electron chi connectivity index (χ0n) is 18.3. The molecule has 4 rings (SSSR count). The Bertz CT molecular complexity index is 924. The van der Waals surface area contributed by atoms with Crippen molar-refractivity contribution in [3.8, 4) is 11.1 Å². The average molecular weight is 424 g/mol. The lowest BCUT2D eigenvalue weighted by atomic mass is 9.98. The monoisotopic (exact) mass is 423 g/mol. The van der Waals surface area contributed by atoms with Crippen LogP contribution >= 0.6 is 0 Å². The molecule has 2 amide bonds. The van der Waals surface area contributed by atoms with Crippen LogP contribution in [0.4, 0.5) is 9.59 Å². The van der Waals surface area contributed by atoms with Crippen LogP contribution in [-0.4, -0.2) is 60.5 Å².